The van der Waals surface area contributed by atoms with Crippen LogP contribution in [0, 0.1) is 11.8 Å². The molecule has 1 aliphatic carbocycles. The number of ether oxygens (including phenoxy) is 2. The van der Waals surface area contributed by atoms with Crippen LogP contribution in [-0.4, -0.2) is 73.6 Å². The summed E-state index contributed by atoms with van der Waals surface area (Å²) >= 11 is 0. The highest BCUT2D eigenvalue weighted by Gasteiger charge is 2.51. The fraction of sp³-hybridized carbons (Fsp3) is 1.00. The van der Waals surface area contributed by atoms with Crippen molar-refractivity contribution in [2.75, 3.05) is 46.0 Å². The van der Waals surface area contributed by atoms with E-state index in [2.05, 4.69) is 15.3 Å². The van der Waals surface area contributed by atoms with Crippen molar-refractivity contribution in [3.8, 4) is 0 Å². The van der Waals surface area contributed by atoms with Gasteiger partial charge in [0.15, 0.2) is 0 Å². The molecule has 4 aliphatic heterocycles. The molecule has 0 radical (unpaired) electrons. The number of nitrogens with one attached hydrogen (secondary N) is 1. The average molecular weight is 406 g/mol. The van der Waals surface area contributed by atoms with Crippen molar-refractivity contribution in [2.24, 2.45) is 11.8 Å². The molecule has 4 atom stereocenters. The highest BCUT2D eigenvalue weighted by atomic mass is 16.5. The summed E-state index contributed by atoms with van der Waals surface area (Å²) in [7, 11) is 0. The largest absolute Gasteiger partial charge is 0.380 e. The number of nitrogens with zero attached hydrogens (tertiary/aromatic N) is 2. The Morgan fingerprint density at radius 1 is 0.966 bits per heavy atom. The van der Waals surface area contributed by atoms with Crippen LogP contribution in [0.4, 0.5) is 0 Å². The fourth-order valence-electron chi connectivity index (χ4n) is 7.05. The van der Waals surface area contributed by atoms with E-state index in [0.29, 0.717) is 6.04 Å². The fourth-order valence-corrected chi connectivity index (χ4v) is 7.05. The van der Waals surface area contributed by atoms with Gasteiger partial charge in [-0.25, -0.2) is 10.4 Å². The zero-order valence-corrected chi connectivity index (χ0v) is 18.5. The van der Waals surface area contributed by atoms with Crippen LogP contribution in [-0.2, 0) is 9.47 Å². The lowest BCUT2D eigenvalue weighted by atomic mass is 9.69. The Balaban J connectivity index is 0.935. The summed E-state index contributed by atoms with van der Waals surface area (Å²) in [6.45, 7) is 7.82. The molecule has 5 fully saturated rings. The molecule has 4 unspecified atom stereocenters. The summed E-state index contributed by atoms with van der Waals surface area (Å²) in [5.41, 5.74) is 3.92. The molecule has 4 saturated heterocycles. The summed E-state index contributed by atoms with van der Waals surface area (Å²) < 4.78 is 12.5. The number of unbranched alkanes of at least 4 members (excludes halogenated alkanes) is 1. The number of piperidine rings is 2. The Morgan fingerprint density at radius 2 is 1.83 bits per heavy atom. The second kappa shape index (κ2) is 9.52. The molecule has 1 saturated carbocycles. The summed E-state index contributed by atoms with van der Waals surface area (Å²) in [4.78, 5) is 2.68. The van der Waals surface area contributed by atoms with Gasteiger partial charge in [-0.2, -0.15) is 0 Å². The monoisotopic (exact) mass is 405 g/mol. The molecule has 0 bridgehead atoms. The number of hydrogen-bond donors (Lipinski definition) is 1. The average Bonchev–Trinajstić information content (AvgIpc) is 3.34. The van der Waals surface area contributed by atoms with Gasteiger partial charge < -0.3 is 14.4 Å². The van der Waals surface area contributed by atoms with E-state index in [1.54, 1.807) is 0 Å². The molecule has 0 aromatic carbocycles. The Hall–Kier alpha value is -0.200. The van der Waals surface area contributed by atoms with Gasteiger partial charge in [-0.15, -0.1) is 0 Å². The second-order valence-corrected chi connectivity index (χ2v) is 10.6. The zero-order valence-electron chi connectivity index (χ0n) is 18.5. The van der Waals surface area contributed by atoms with Gasteiger partial charge in [0, 0.05) is 38.3 Å². The van der Waals surface area contributed by atoms with Gasteiger partial charge in [-0.1, -0.05) is 19.3 Å². The van der Waals surface area contributed by atoms with Crippen molar-refractivity contribution in [3.05, 3.63) is 0 Å². The van der Waals surface area contributed by atoms with E-state index in [-0.39, 0.29) is 5.60 Å². The first-order valence-electron chi connectivity index (χ1n) is 12.8. The van der Waals surface area contributed by atoms with Crippen molar-refractivity contribution >= 4 is 0 Å². The minimum absolute atomic E-state index is 0.256. The summed E-state index contributed by atoms with van der Waals surface area (Å²) in [6, 6.07) is 1.32. The van der Waals surface area contributed by atoms with Crippen LogP contribution >= 0.6 is 0 Å². The maximum Gasteiger partial charge on any atom is 0.0738 e. The summed E-state index contributed by atoms with van der Waals surface area (Å²) in [5.74, 6) is 1.75. The van der Waals surface area contributed by atoms with E-state index in [1.165, 1.54) is 103 Å². The standard InChI is InChI=1S/C24H43N3O2/c1-2-9-23-20(7-1)18-29-24(23)10-14-26(15-11-24)12-5-6-16-28-19-21-17-22-8-3-4-13-27(22)25-21/h20-23,25H,1-19H2. The Labute approximate surface area is 177 Å². The van der Waals surface area contributed by atoms with Crippen LogP contribution in [0.5, 0.6) is 0 Å². The molecule has 1 spiro atoms. The summed E-state index contributed by atoms with van der Waals surface area (Å²) in [6.07, 6.45) is 16.1. The van der Waals surface area contributed by atoms with Crippen molar-refractivity contribution in [1.29, 1.82) is 0 Å². The van der Waals surface area contributed by atoms with Crippen LogP contribution < -0.4 is 5.43 Å². The predicted octanol–water partition coefficient (Wildman–Crippen LogP) is 3.59. The van der Waals surface area contributed by atoms with Gasteiger partial charge in [-0.3, -0.25) is 0 Å². The quantitative estimate of drug-likeness (QED) is 0.655. The SMILES string of the molecule is C(CCN1CCC2(CC1)OCC1CCCCC12)COCC1CC2CCCCN2N1. The molecule has 0 amide bonds. The smallest absolute Gasteiger partial charge is 0.0738 e. The summed E-state index contributed by atoms with van der Waals surface area (Å²) in [5, 5.41) is 2.48. The topological polar surface area (TPSA) is 37.0 Å². The van der Waals surface area contributed by atoms with Crippen LogP contribution in [0.2, 0.25) is 0 Å². The molecule has 29 heavy (non-hydrogen) atoms. The van der Waals surface area contributed by atoms with Crippen molar-refractivity contribution in [3.63, 3.8) is 0 Å². The van der Waals surface area contributed by atoms with Gasteiger partial charge >= 0.3 is 0 Å². The first-order chi connectivity index (χ1) is 14.3. The first kappa shape index (κ1) is 20.7. The van der Waals surface area contributed by atoms with Crippen LogP contribution in [0.3, 0.4) is 0 Å². The molecule has 5 nitrogen and oxygen atoms in total. The first-order valence-corrected chi connectivity index (χ1v) is 12.8. The molecule has 0 aromatic rings. The normalized spacial score (nSPS) is 37.7. The van der Waals surface area contributed by atoms with E-state index in [9.17, 15) is 0 Å². The van der Waals surface area contributed by atoms with E-state index >= 15 is 0 Å². The lowest BCUT2D eigenvalue weighted by Crippen LogP contribution is -2.48. The van der Waals surface area contributed by atoms with E-state index < -0.39 is 0 Å². The van der Waals surface area contributed by atoms with E-state index in [1.807, 2.05) is 0 Å². The van der Waals surface area contributed by atoms with Gasteiger partial charge in [0.25, 0.3) is 0 Å². The maximum absolute atomic E-state index is 6.46. The third-order valence-electron chi connectivity index (χ3n) is 8.74. The molecule has 0 aromatic heterocycles. The number of hydrazine groups is 1. The van der Waals surface area contributed by atoms with Gasteiger partial charge in [0.2, 0.25) is 0 Å². The van der Waals surface area contributed by atoms with Crippen LogP contribution in [0.25, 0.3) is 0 Å². The minimum atomic E-state index is 0.256. The van der Waals surface area contributed by atoms with Crippen LogP contribution in [0.1, 0.15) is 77.0 Å². The Bertz CT molecular complexity index is 508. The number of likely N-dealkylation sites (tertiary alicyclic amines) is 1. The van der Waals surface area contributed by atoms with Crippen molar-refractivity contribution in [1.82, 2.24) is 15.3 Å². The van der Waals surface area contributed by atoms with Gasteiger partial charge in [0.05, 0.1) is 18.8 Å². The highest BCUT2D eigenvalue weighted by molar-refractivity contribution is 5.01. The molecular weight excluding hydrogens is 362 g/mol. The number of fused-ring (bicyclic) bond motifs is 3. The molecular formula is C24H43N3O2. The molecule has 166 valence electrons. The Morgan fingerprint density at radius 3 is 2.72 bits per heavy atom. The molecule has 1 N–H and O–H groups in total. The molecule has 5 heteroatoms. The Kier molecular flexibility index (Phi) is 6.79. The minimum Gasteiger partial charge on any atom is -0.380 e. The lowest BCUT2D eigenvalue weighted by molar-refractivity contribution is -0.0693. The van der Waals surface area contributed by atoms with Gasteiger partial charge in [-0.05, 0) is 76.2 Å². The van der Waals surface area contributed by atoms with E-state index in [0.717, 1.165) is 37.7 Å². The predicted molar refractivity (Wildman–Crippen MR) is 116 cm³/mol. The second-order valence-electron chi connectivity index (χ2n) is 10.6. The number of hydrogen-bond acceptors (Lipinski definition) is 5. The van der Waals surface area contributed by atoms with Gasteiger partial charge in [0.1, 0.15) is 0 Å². The molecule has 5 aliphatic rings. The maximum atomic E-state index is 6.46. The van der Waals surface area contributed by atoms with Crippen molar-refractivity contribution < 1.29 is 9.47 Å². The lowest BCUT2D eigenvalue weighted by Gasteiger charge is -2.44. The molecule has 4 heterocycles. The molecule has 5 rings (SSSR count). The highest BCUT2D eigenvalue weighted by Crippen LogP contribution is 2.49. The third-order valence-corrected chi connectivity index (χ3v) is 8.74. The van der Waals surface area contributed by atoms with Crippen molar-refractivity contribution in [2.45, 2.75) is 94.7 Å². The number of rotatable bonds is 7. The third kappa shape index (κ3) is 4.69. The van der Waals surface area contributed by atoms with E-state index in [4.69, 9.17) is 9.47 Å². The zero-order chi connectivity index (χ0) is 19.5. The van der Waals surface area contributed by atoms with Crippen LogP contribution in [0.15, 0.2) is 0 Å².